The molecule has 1 N–H and O–H groups in total. The summed E-state index contributed by atoms with van der Waals surface area (Å²) < 4.78 is 1.43. The fourth-order valence-corrected chi connectivity index (χ4v) is 1.03. The molecule has 1 aromatic heterocycles. The maximum absolute atomic E-state index is 6.79. The van der Waals surface area contributed by atoms with Crippen molar-refractivity contribution in [3.8, 4) is 0 Å². The van der Waals surface area contributed by atoms with Gasteiger partial charge in [0.15, 0.2) is 0 Å². The van der Waals surface area contributed by atoms with E-state index in [1.165, 1.54) is 11.0 Å². The van der Waals surface area contributed by atoms with Crippen molar-refractivity contribution in [3.05, 3.63) is 30.6 Å². The monoisotopic (exact) mass is 146 g/mol. The lowest BCUT2D eigenvalue weighted by molar-refractivity contribution is 0.789. The topological polar surface area (TPSA) is 54.0 Å². The summed E-state index contributed by atoms with van der Waals surface area (Å²) in [5.41, 5.74) is 8.52. The van der Waals surface area contributed by atoms with E-state index in [1.807, 2.05) is 24.3 Å². The van der Waals surface area contributed by atoms with Gasteiger partial charge >= 0.3 is 0 Å². The van der Waals surface area contributed by atoms with Crippen LogP contribution >= 0.6 is 0 Å². The molecule has 0 bridgehead atoms. The average molecular weight is 146 g/mol. The molecule has 0 amide bonds. The molecule has 0 fully saturated rings. The molecule has 2 aromatic rings. The second-order valence-corrected chi connectivity index (χ2v) is 2.18. The van der Waals surface area contributed by atoms with Crippen molar-refractivity contribution in [1.29, 1.82) is 5.53 Å². The van der Waals surface area contributed by atoms with Gasteiger partial charge in [0.25, 0.3) is 0 Å². The van der Waals surface area contributed by atoms with E-state index in [-0.39, 0.29) is 0 Å². The minimum atomic E-state index is 0.863. The van der Waals surface area contributed by atoms with Gasteiger partial charge in [0.1, 0.15) is 6.33 Å². The van der Waals surface area contributed by atoms with Gasteiger partial charge in [-0.25, -0.2) is 9.66 Å². The molecular weight excluding hydrogens is 140 g/mol. The molecule has 4 nitrogen and oxygen atoms in total. The van der Waals surface area contributed by atoms with Gasteiger partial charge in [0, 0.05) is 0 Å². The lowest BCUT2D eigenvalue weighted by Crippen LogP contribution is -1.80. The number of aromatic nitrogens is 2. The van der Waals surface area contributed by atoms with Crippen LogP contribution in [0, 0.1) is 5.53 Å². The Kier molecular flexibility index (Phi) is 1.18. The molecular formula is C7H6N4. The van der Waals surface area contributed by atoms with Crippen molar-refractivity contribution >= 4 is 11.0 Å². The van der Waals surface area contributed by atoms with E-state index in [2.05, 4.69) is 10.2 Å². The van der Waals surface area contributed by atoms with E-state index in [9.17, 15) is 0 Å². The molecule has 11 heavy (non-hydrogen) atoms. The van der Waals surface area contributed by atoms with Gasteiger partial charge < -0.3 is 0 Å². The van der Waals surface area contributed by atoms with E-state index in [1.54, 1.807) is 0 Å². The van der Waals surface area contributed by atoms with Gasteiger partial charge in [-0.15, -0.1) is 0 Å². The molecule has 0 aliphatic heterocycles. The Hall–Kier alpha value is -1.71. The maximum atomic E-state index is 6.79. The molecule has 2 rings (SSSR count). The molecule has 0 unspecified atom stereocenters. The second kappa shape index (κ2) is 2.16. The molecule has 1 heterocycles. The van der Waals surface area contributed by atoms with Crippen LogP contribution in [0.3, 0.4) is 0 Å². The Balaban J connectivity index is 2.86. The summed E-state index contributed by atoms with van der Waals surface area (Å²) in [4.78, 5) is 4.04. The van der Waals surface area contributed by atoms with Crippen molar-refractivity contribution < 1.29 is 0 Å². The van der Waals surface area contributed by atoms with Gasteiger partial charge in [-0.1, -0.05) is 17.4 Å². The zero-order valence-electron chi connectivity index (χ0n) is 5.73. The fourth-order valence-electron chi connectivity index (χ4n) is 1.03. The number of para-hydroxylation sites is 2. The van der Waals surface area contributed by atoms with E-state index in [0.717, 1.165) is 11.0 Å². The van der Waals surface area contributed by atoms with Crippen LogP contribution < -0.4 is 0 Å². The molecule has 0 atom stereocenters. The molecule has 0 aliphatic rings. The highest BCUT2D eigenvalue weighted by atomic mass is 15.4. The quantitative estimate of drug-likeness (QED) is 0.613. The average Bonchev–Trinajstić information content (AvgIpc) is 2.47. The van der Waals surface area contributed by atoms with E-state index >= 15 is 0 Å². The van der Waals surface area contributed by atoms with Crippen LogP contribution in [0.4, 0.5) is 0 Å². The first-order valence-electron chi connectivity index (χ1n) is 3.21. The van der Waals surface area contributed by atoms with E-state index in [4.69, 9.17) is 5.53 Å². The minimum absolute atomic E-state index is 0.863. The lowest BCUT2D eigenvalue weighted by Gasteiger charge is -1.89. The Morgan fingerprint density at radius 2 is 2.18 bits per heavy atom. The first-order chi connectivity index (χ1) is 5.42. The third-order valence-electron chi connectivity index (χ3n) is 1.54. The Morgan fingerprint density at radius 3 is 3.00 bits per heavy atom. The van der Waals surface area contributed by atoms with Gasteiger partial charge in [-0.2, -0.15) is 5.53 Å². The first kappa shape index (κ1) is 6.03. The van der Waals surface area contributed by atoms with Crippen LogP contribution in [0.1, 0.15) is 0 Å². The number of hydrogen-bond donors (Lipinski definition) is 1. The number of nitrogens with one attached hydrogen (secondary N) is 1. The van der Waals surface area contributed by atoms with Gasteiger partial charge in [-0.3, -0.25) is 0 Å². The Morgan fingerprint density at radius 1 is 1.36 bits per heavy atom. The predicted molar refractivity (Wildman–Crippen MR) is 40.3 cm³/mol. The lowest BCUT2D eigenvalue weighted by atomic mass is 10.3. The van der Waals surface area contributed by atoms with Gasteiger partial charge in [0.05, 0.1) is 11.0 Å². The summed E-state index contributed by atoms with van der Waals surface area (Å²) in [5.74, 6) is 0. The van der Waals surface area contributed by atoms with Gasteiger partial charge in [-0.05, 0) is 12.1 Å². The zero-order valence-corrected chi connectivity index (χ0v) is 5.73. The molecule has 0 aliphatic carbocycles. The smallest absolute Gasteiger partial charge is 0.120 e. The van der Waals surface area contributed by atoms with Crippen LogP contribution in [-0.4, -0.2) is 9.66 Å². The first-order valence-corrected chi connectivity index (χ1v) is 3.21. The SMILES string of the molecule is N=Nn1cnc2ccccc21. The van der Waals surface area contributed by atoms with Crippen LogP contribution in [0.2, 0.25) is 0 Å². The summed E-state index contributed by atoms with van der Waals surface area (Å²) in [6.45, 7) is 0. The Labute approximate surface area is 63.0 Å². The highest BCUT2D eigenvalue weighted by Gasteiger charge is 1.97. The molecule has 1 aromatic carbocycles. The number of hydrogen-bond acceptors (Lipinski definition) is 3. The van der Waals surface area contributed by atoms with Crippen LogP contribution in [0.25, 0.3) is 11.0 Å². The molecule has 0 saturated carbocycles. The van der Waals surface area contributed by atoms with Crippen molar-refractivity contribution in [3.63, 3.8) is 0 Å². The third kappa shape index (κ3) is 0.797. The van der Waals surface area contributed by atoms with Crippen molar-refractivity contribution in [1.82, 2.24) is 9.66 Å². The predicted octanol–water partition coefficient (Wildman–Crippen LogP) is 1.83. The normalized spacial score (nSPS) is 10.2. The summed E-state index contributed by atoms with van der Waals surface area (Å²) >= 11 is 0. The van der Waals surface area contributed by atoms with E-state index < -0.39 is 0 Å². The summed E-state index contributed by atoms with van der Waals surface area (Å²) in [5, 5.41) is 3.26. The van der Waals surface area contributed by atoms with Crippen LogP contribution in [-0.2, 0) is 0 Å². The zero-order chi connectivity index (χ0) is 7.68. The van der Waals surface area contributed by atoms with Crippen LogP contribution in [0.5, 0.6) is 0 Å². The Bertz CT molecular complexity index is 390. The standard InChI is InChI=1S/C7H6N4/c8-10-11-5-9-6-3-1-2-4-7(6)11/h1-5,8H. The molecule has 0 radical (unpaired) electrons. The van der Waals surface area contributed by atoms with Crippen molar-refractivity contribution in [2.24, 2.45) is 5.22 Å². The third-order valence-corrected chi connectivity index (χ3v) is 1.54. The molecule has 0 saturated heterocycles. The number of nitrogens with zero attached hydrogens (tertiary/aromatic N) is 3. The maximum Gasteiger partial charge on any atom is 0.120 e. The summed E-state index contributed by atoms with van der Waals surface area (Å²) in [7, 11) is 0. The highest BCUT2D eigenvalue weighted by Crippen LogP contribution is 2.10. The number of benzene rings is 1. The number of fused-ring (bicyclic) bond motifs is 1. The molecule has 54 valence electrons. The van der Waals surface area contributed by atoms with Crippen LogP contribution in [0.15, 0.2) is 35.8 Å². The van der Waals surface area contributed by atoms with Crippen molar-refractivity contribution in [2.45, 2.75) is 0 Å². The summed E-state index contributed by atoms with van der Waals surface area (Å²) in [6, 6.07) is 7.56. The van der Waals surface area contributed by atoms with Gasteiger partial charge in [0.2, 0.25) is 0 Å². The largest absolute Gasteiger partial charge is 0.235 e. The fraction of sp³-hybridized carbons (Fsp3) is 0. The molecule has 0 spiro atoms. The second-order valence-electron chi connectivity index (χ2n) is 2.18. The summed E-state index contributed by atoms with van der Waals surface area (Å²) in [6.07, 6.45) is 1.53. The minimum Gasteiger partial charge on any atom is -0.235 e. The van der Waals surface area contributed by atoms with E-state index in [0.29, 0.717) is 0 Å². The highest BCUT2D eigenvalue weighted by molar-refractivity contribution is 5.74. The number of rotatable bonds is 1. The number of imidazole rings is 1. The molecule has 4 heteroatoms. The van der Waals surface area contributed by atoms with Crippen molar-refractivity contribution in [2.75, 3.05) is 0 Å².